The summed E-state index contributed by atoms with van der Waals surface area (Å²) >= 11 is 0. The Balaban J connectivity index is 0.755. The van der Waals surface area contributed by atoms with E-state index in [0.717, 1.165) is 152 Å². The van der Waals surface area contributed by atoms with Crippen LogP contribution in [0.5, 0.6) is 23.0 Å². The van der Waals surface area contributed by atoms with Gasteiger partial charge in [0, 0.05) is 99.8 Å². The van der Waals surface area contributed by atoms with Crippen molar-refractivity contribution in [2.75, 3.05) is 9.80 Å². The number of benzene rings is 19. The lowest BCUT2D eigenvalue weighted by Crippen LogP contribution is -2.61. The van der Waals surface area contributed by atoms with Gasteiger partial charge in [-0.25, -0.2) is 0 Å². The van der Waals surface area contributed by atoms with Gasteiger partial charge in [0.25, 0.3) is 6.71 Å². The highest BCUT2D eigenvalue weighted by Gasteiger charge is 2.54. The second-order valence-electron chi connectivity index (χ2n) is 33.9. The van der Waals surface area contributed by atoms with Crippen LogP contribution in [0.1, 0.15) is 44.5 Å². The monoisotopic (exact) mass is 1580 g/mol. The van der Waals surface area contributed by atoms with Gasteiger partial charge in [0.05, 0.1) is 61.0 Å². The zero-order valence-electron chi connectivity index (χ0n) is 67.0. The van der Waals surface area contributed by atoms with Crippen molar-refractivity contribution in [1.82, 2.24) is 13.7 Å². The molecule has 0 bridgehead atoms. The summed E-state index contributed by atoms with van der Waals surface area (Å²) in [6.45, 7) is -0.350. The average molecular weight is 1580 g/mol. The predicted molar refractivity (Wildman–Crippen MR) is 509 cm³/mol. The maximum atomic E-state index is 7.43. The summed E-state index contributed by atoms with van der Waals surface area (Å²) in [6, 6.07) is 159. The number of hydrogen-bond acceptors (Lipinski definition) is 4. The SMILES string of the molecule is c1ccc(-n2c3ccccc3c3cc4c(cc32)N(c2ccccc2-c2ccc3c(c2)Oc2ccccc2C32c3ccccc3-c3ccccc32)c2cc(-n3c5ccccc5c5ccccc53)cc3c2B4c2cc4c5ccccc5n(-c5ccccc5)c4cc2N3c2ccccc2-c2ccc3c(c2)Oc2ccccc2C32c3ccccc3-c3ccccc32)cc1. The molecule has 7 nitrogen and oxygen atoms in total. The van der Waals surface area contributed by atoms with Gasteiger partial charge in [-0.2, -0.15) is 0 Å². The van der Waals surface area contributed by atoms with E-state index in [2.05, 4.69) is 448 Å². The summed E-state index contributed by atoms with van der Waals surface area (Å²) in [5, 5.41) is 7.08. The Morgan fingerprint density at radius 3 is 0.895 bits per heavy atom. The zero-order valence-corrected chi connectivity index (χ0v) is 67.0. The van der Waals surface area contributed by atoms with E-state index in [1.165, 1.54) is 93.2 Å². The lowest BCUT2D eigenvalue weighted by Gasteiger charge is -2.45. The van der Waals surface area contributed by atoms with Gasteiger partial charge in [-0.3, -0.25) is 0 Å². The number of aromatic nitrogens is 3. The van der Waals surface area contributed by atoms with Gasteiger partial charge in [0.2, 0.25) is 0 Å². The minimum Gasteiger partial charge on any atom is -0.457 e. The van der Waals surface area contributed by atoms with Crippen molar-refractivity contribution in [3.05, 3.63) is 469 Å². The lowest BCUT2D eigenvalue weighted by molar-refractivity contribution is 0.436. The molecular weight excluding hydrogens is 1510 g/mol. The van der Waals surface area contributed by atoms with Crippen molar-refractivity contribution in [2.45, 2.75) is 10.8 Å². The smallest absolute Gasteiger partial charge is 0.252 e. The Morgan fingerprint density at radius 2 is 0.500 bits per heavy atom. The molecule has 28 rings (SSSR count). The molecule has 7 heterocycles. The number of nitrogens with zero attached hydrogens (tertiary/aromatic N) is 5. The van der Waals surface area contributed by atoms with Gasteiger partial charge in [0.15, 0.2) is 0 Å². The summed E-state index contributed by atoms with van der Waals surface area (Å²) in [5.41, 5.74) is 37.2. The van der Waals surface area contributed by atoms with Crippen molar-refractivity contribution in [1.29, 1.82) is 0 Å². The van der Waals surface area contributed by atoms with Crippen LogP contribution in [0.15, 0.2) is 425 Å². The number of para-hydroxylation sites is 10. The van der Waals surface area contributed by atoms with Crippen LogP contribution in [-0.4, -0.2) is 20.4 Å². The lowest BCUT2D eigenvalue weighted by atomic mass is 9.33. The molecule has 0 amide bonds. The molecule has 0 N–H and O–H groups in total. The largest absolute Gasteiger partial charge is 0.457 e. The molecule has 0 radical (unpaired) electrons. The van der Waals surface area contributed by atoms with Gasteiger partial charge in [-0.05, 0) is 181 Å². The highest BCUT2D eigenvalue weighted by Crippen LogP contribution is 2.65. The number of anilines is 6. The Labute approximate surface area is 715 Å². The van der Waals surface area contributed by atoms with E-state index in [4.69, 9.17) is 9.47 Å². The standard InChI is InChI=1S/C116H70BN5O2/c1-3-31-73(32-4-1)118-102-55-27-15-43-84(102)86-67-96-106(69-104(86)118)121(98-51-23-11-35-76(98)71-59-61-94-112(63-71)123-110-57-29-21-49-92(110)115(94)88-45-17-7-37-78(88)79-38-8-18-46-89(79)115)108-65-75(120-100-53-25-13-41-82(100)83-42-14-26-54-101(83)120)66-109-114(108)117(96)97-68-87-85-44-16-28-56-103(85)119(74-33-5-2-6-34-74)105(87)70-107(97)122(109)99-52-24-12-36-77(99)72-60-62-95-113(64-72)124-111-58-30-22-50-93(111)116(95)90-47-19-9-39-80(90)81-40-10-20-48-91(81)116/h1-70H. The first-order chi connectivity index (χ1) is 61.5. The maximum Gasteiger partial charge on any atom is 0.252 e. The van der Waals surface area contributed by atoms with Crippen LogP contribution >= 0.6 is 0 Å². The maximum absolute atomic E-state index is 7.43. The molecule has 22 aromatic rings. The summed E-state index contributed by atoms with van der Waals surface area (Å²) in [7, 11) is 0. The molecule has 6 aliphatic rings. The van der Waals surface area contributed by atoms with Gasteiger partial charge in [-0.15, -0.1) is 0 Å². The first-order valence-electron chi connectivity index (χ1n) is 43.0. The number of ether oxygens (including phenoxy) is 2. The Bertz CT molecular complexity index is 7870. The highest BCUT2D eigenvalue weighted by atomic mass is 16.5. The first-order valence-corrected chi connectivity index (χ1v) is 43.0. The molecule has 8 heteroatoms. The van der Waals surface area contributed by atoms with Crippen LogP contribution in [0.2, 0.25) is 0 Å². The molecule has 2 spiro atoms. The van der Waals surface area contributed by atoms with E-state index in [1.807, 2.05) is 0 Å². The van der Waals surface area contributed by atoms with Crippen molar-refractivity contribution in [3.63, 3.8) is 0 Å². The highest BCUT2D eigenvalue weighted by molar-refractivity contribution is 7.00. The predicted octanol–water partition coefficient (Wildman–Crippen LogP) is 27.3. The summed E-state index contributed by atoms with van der Waals surface area (Å²) in [6.07, 6.45) is 0. The fourth-order valence-corrected chi connectivity index (χ4v) is 23.3. The molecule has 4 aliphatic heterocycles. The second-order valence-corrected chi connectivity index (χ2v) is 33.9. The van der Waals surface area contributed by atoms with Crippen LogP contribution in [-0.2, 0) is 10.8 Å². The van der Waals surface area contributed by atoms with Crippen LogP contribution < -0.4 is 35.7 Å². The molecule has 124 heavy (non-hydrogen) atoms. The summed E-state index contributed by atoms with van der Waals surface area (Å²) in [5.74, 6) is 3.35. The third-order valence-corrected chi connectivity index (χ3v) is 28.1. The fraction of sp³-hybridized carbons (Fsp3) is 0.0172. The Hall–Kier alpha value is -16.2. The Kier molecular flexibility index (Phi) is 13.8. The number of hydrogen-bond donors (Lipinski definition) is 0. The van der Waals surface area contributed by atoms with Gasteiger partial charge < -0.3 is 33.0 Å². The van der Waals surface area contributed by atoms with E-state index in [-0.39, 0.29) is 6.71 Å². The normalized spacial score (nSPS) is 14.0. The van der Waals surface area contributed by atoms with Crippen LogP contribution in [0.25, 0.3) is 127 Å². The van der Waals surface area contributed by atoms with E-state index in [0.29, 0.717) is 0 Å². The molecule has 0 saturated carbocycles. The third kappa shape index (κ3) is 8.89. The minimum absolute atomic E-state index is 0.350. The Morgan fingerprint density at radius 1 is 0.194 bits per heavy atom. The van der Waals surface area contributed by atoms with E-state index in [1.54, 1.807) is 0 Å². The minimum atomic E-state index is -0.647. The zero-order chi connectivity index (χ0) is 80.8. The molecular formula is C116H70BN5O2. The van der Waals surface area contributed by atoms with Crippen molar-refractivity contribution in [2.24, 2.45) is 0 Å². The van der Waals surface area contributed by atoms with E-state index < -0.39 is 10.8 Å². The van der Waals surface area contributed by atoms with Crippen molar-refractivity contribution in [3.8, 4) is 84.6 Å². The third-order valence-electron chi connectivity index (χ3n) is 28.1. The quantitative estimate of drug-likeness (QED) is 0.149. The van der Waals surface area contributed by atoms with E-state index >= 15 is 0 Å². The van der Waals surface area contributed by atoms with E-state index in [9.17, 15) is 0 Å². The molecule has 574 valence electrons. The van der Waals surface area contributed by atoms with Crippen LogP contribution in [0, 0.1) is 0 Å². The van der Waals surface area contributed by atoms with Crippen LogP contribution in [0.4, 0.5) is 34.1 Å². The molecule has 0 saturated heterocycles. The molecule has 2 aliphatic carbocycles. The average Bonchev–Trinajstić information content (AvgIpc) is 1.43. The van der Waals surface area contributed by atoms with Gasteiger partial charge in [0.1, 0.15) is 23.0 Å². The fourth-order valence-electron chi connectivity index (χ4n) is 23.3. The molecule has 3 aromatic heterocycles. The van der Waals surface area contributed by atoms with Gasteiger partial charge in [-0.1, -0.05) is 315 Å². The summed E-state index contributed by atoms with van der Waals surface area (Å²) in [4.78, 5) is 5.32. The van der Waals surface area contributed by atoms with Crippen molar-refractivity contribution >= 4 is 123 Å². The van der Waals surface area contributed by atoms with Crippen LogP contribution in [0.3, 0.4) is 0 Å². The van der Waals surface area contributed by atoms with Gasteiger partial charge >= 0.3 is 0 Å². The summed E-state index contributed by atoms with van der Waals surface area (Å²) < 4.78 is 22.4. The second kappa shape index (κ2) is 25.2. The molecule has 19 aromatic carbocycles. The topological polar surface area (TPSA) is 39.7 Å². The number of rotatable bonds is 7. The molecule has 0 atom stereocenters. The molecule has 0 fully saturated rings. The van der Waals surface area contributed by atoms with Crippen molar-refractivity contribution < 1.29 is 9.47 Å². The molecule has 0 unspecified atom stereocenters. The number of fused-ring (bicyclic) bond motifs is 31. The first kappa shape index (κ1) is 67.7.